The van der Waals surface area contributed by atoms with Gasteiger partial charge in [0.15, 0.2) is 0 Å². The fraction of sp³-hybridized carbons (Fsp3) is 0.857. The van der Waals surface area contributed by atoms with Crippen molar-refractivity contribution in [2.24, 2.45) is 5.92 Å². The van der Waals surface area contributed by atoms with E-state index in [4.69, 9.17) is 9.47 Å². The first-order valence-electron chi connectivity index (χ1n) is 6.90. The zero-order valence-electron chi connectivity index (χ0n) is 13.8. The van der Waals surface area contributed by atoms with E-state index in [1.165, 1.54) is 14.0 Å². The third-order valence-corrected chi connectivity index (χ3v) is 3.44. The third-order valence-electron chi connectivity index (χ3n) is 3.44. The van der Waals surface area contributed by atoms with Gasteiger partial charge < -0.3 is 24.3 Å². The van der Waals surface area contributed by atoms with E-state index < -0.39 is 29.7 Å². The number of carboxylic acids is 1. The molecule has 0 aliphatic carbocycles. The molecule has 6 nitrogen and oxygen atoms in total. The van der Waals surface area contributed by atoms with Crippen molar-refractivity contribution in [3.05, 3.63) is 0 Å². The van der Waals surface area contributed by atoms with Crippen molar-refractivity contribution in [3.8, 4) is 0 Å². The largest absolute Gasteiger partial charge is 1.00 e. The van der Waals surface area contributed by atoms with E-state index in [-0.39, 0.29) is 57.4 Å². The Morgan fingerprint density at radius 1 is 1.33 bits per heavy atom. The Hall–Kier alpha value is 0.336. The zero-order chi connectivity index (χ0) is 15.5. The van der Waals surface area contributed by atoms with Gasteiger partial charge in [0.25, 0.3) is 0 Å². The number of hydrogen-bond donors (Lipinski definition) is 0. The molecule has 3 unspecified atom stereocenters. The standard InChI is InChI=1S/C14H25NO5.K/c1-9(12(16)17)11(19-5)10-7-6-8-15(10)13(18)20-14(2,3)4;/h9-11H,6-8H2,1-5H3,(H,16,17);/q;+1/p-1. The van der Waals surface area contributed by atoms with Crippen molar-refractivity contribution in [3.63, 3.8) is 0 Å². The molecule has 1 fully saturated rings. The SMILES string of the molecule is COC(C(C)C(=O)[O-])C1CCCN1C(=O)OC(C)(C)C.[K+]. The Balaban J connectivity index is 0.00000400. The minimum Gasteiger partial charge on any atom is -0.550 e. The second-order valence-corrected chi connectivity index (χ2v) is 6.19. The Morgan fingerprint density at radius 3 is 2.33 bits per heavy atom. The van der Waals surface area contributed by atoms with Crippen LogP contribution in [-0.2, 0) is 14.3 Å². The van der Waals surface area contributed by atoms with Crippen LogP contribution in [0, 0.1) is 5.92 Å². The Labute approximate surface area is 169 Å². The fourth-order valence-electron chi connectivity index (χ4n) is 2.51. The molecule has 7 heteroatoms. The maximum absolute atomic E-state index is 12.2. The fourth-order valence-corrected chi connectivity index (χ4v) is 2.51. The predicted octanol–water partition coefficient (Wildman–Crippen LogP) is -2.21. The number of hydrogen-bond acceptors (Lipinski definition) is 5. The van der Waals surface area contributed by atoms with Gasteiger partial charge >= 0.3 is 57.5 Å². The van der Waals surface area contributed by atoms with E-state index in [9.17, 15) is 14.7 Å². The summed E-state index contributed by atoms with van der Waals surface area (Å²) in [6.45, 7) is 7.49. The molecule has 0 aromatic heterocycles. The number of carboxylic acid groups (broad SMARTS) is 1. The number of likely N-dealkylation sites (tertiary alicyclic amines) is 1. The van der Waals surface area contributed by atoms with Gasteiger partial charge in [0, 0.05) is 25.5 Å². The van der Waals surface area contributed by atoms with Crippen LogP contribution in [0.1, 0.15) is 40.5 Å². The van der Waals surface area contributed by atoms with Crippen LogP contribution in [0.5, 0.6) is 0 Å². The van der Waals surface area contributed by atoms with Crippen LogP contribution in [0.3, 0.4) is 0 Å². The van der Waals surface area contributed by atoms with Crippen LogP contribution in [-0.4, -0.2) is 48.4 Å². The first kappa shape index (κ1) is 21.3. The van der Waals surface area contributed by atoms with Gasteiger partial charge in [-0.15, -0.1) is 0 Å². The first-order chi connectivity index (χ1) is 9.17. The Morgan fingerprint density at radius 2 is 1.90 bits per heavy atom. The average molecular weight is 325 g/mol. The minimum absolute atomic E-state index is 0. The minimum atomic E-state index is -1.17. The Bertz CT molecular complexity index is 369. The van der Waals surface area contributed by atoms with Crippen molar-refractivity contribution in [1.82, 2.24) is 4.90 Å². The Kier molecular flexibility index (Phi) is 8.98. The predicted molar refractivity (Wildman–Crippen MR) is 70.9 cm³/mol. The van der Waals surface area contributed by atoms with E-state index in [1.54, 1.807) is 25.7 Å². The van der Waals surface area contributed by atoms with Crippen LogP contribution >= 0.6 is 0 Å². The van der Waals surface area contributed by atoms with Crippen LogP contribution in [0.2, 0.25) is 0 Å². The molecule has 0 radical (unpaired) electrons. The van der Waals surface area contributed by atoms with Gasteiger partial charge in [-0.1, -0.05) is 6.92 Å². The average Bonchev–Trinajstić information content (AvgIpc) is 2.76. The molecule has 0 saturated carbocycles. The molecule has 116 valence electrons. The molecule has 3 atom stereocenters. The van der Waals surface area contributed by atoms with Gasteiger partial charge in [0.05, 0.1) is 12.1 Å². The second kappa shape index (κ2) is 8.84. The van der Waals surface area contributed by atoms with Crippen molar-refractivity contribution >= 4 is 12.1 Å². The number of ether oxygens (including phenoxy) is 2. The summed E-state index contributed by atoms with van der Waals surface area (Å²) in [4.78, 5) is 24.8. The quantitative estimate of drug-likeness (QED) is 0.548. The number of carbonyl (C=O) groups is 2. The molecule has 1 heterocycles. The molecule has 0 aromatic carbocycles. The summed E-state index contributed by atoms with van der Waals surface area (Å²) in [5, 5.41) is 11.0. The van der Waals surface area contributed by atoms with E-state index in [0.29, 0.717) is 13.0 Å². The maximum atomic E-state index is 12.2. The molecular formula is C14H24KNO5. The van der Waals surface area contributed by atoms with Gasteiger partial charge in [0.1, 0.15) is 5.60 Å². The molecule has 1 amide bonds. The molecule has 1 aliphatic rings. The van der Waals surface area contributed by atoms with E-state index in [1.807, 2.05) is 0 Å². The molecule has 1 rings (SSSR count). The maximum Gasteiger partial charge on any atom is 1.00 e. The van der Waals surface area contributed by atoms with Crippen molar-refractivity contribution < 1.29 is 75.6 Å². The van der Waals surface area contributed by atoms with Crippen LogP contribution in [0.25, 0.3) is 0 Å². The van der Waals surface area contributed by atoms with Gasteiger partial charge in [-0.05, 0) is 33.6 Å². The number of amides is 1. The number of aliphatic carboxylic acids is 1. The topological polar surface area (TPSA) is 78.9 Å². The third kappa shape index (κ3) is 6.15. The molecule has 0 spiro atoms. The summed E-state index contributed by atoms with van der Waals surface area (Å²) in [7, 11) is 1.45. The molecule has 21 heavy (non-hydrogen) atoms. The zero-order valence-corrected chi connectivity index (χ0v) is 17.0. The number of methoxy groups -OCH3 is 1. The molecule has 1 saturated heterocycles. The number of rotatable bonds is 4. The van der Waals surface area contributed by atoms with Crippen molar-refractivity contribution in [1.29, 1.82) is 0 Å². The van der Waals surface area contributed by atoms with Gasteiger partial charge in [0.2, 0.25) is 0 Å². The van der Waals surface area contributed by atoms with Crippen LogP contribution in [0.4, 0.5) is 4.79 Å². The number of carbonyl (C=O) groups excluding carboxylic acids is 2. The van der Waals surface area contributed by atoms with Crippen molar-refractivity contribution in [2.45, 2.75) is 58.3 Å². The van der Waals surface area contributed by atoms with E-state index >= 15 is 0 Å². The van der Waals surface area contributed by atoms with Crippen LogP contribution in [0.15, 0.2) is 0 Å². The summed E-state index contributed by atoms with van der Waals surface area (Å²) in [5.74, 6) is -1.96. The molecule has 0 bridgehead atoms. The molecule has 0 N–H and O–H groups in total. The normalized spacial score (nSPS) is 21.4. The van der Waals surface area contributed by atoms with Crippen molar-refractivity contribution in [2.75, 3.05) is 13.7 Å². The summed E-state index contributed by atoms with van der Waals surface area (Å²) >= 11 is 0. The van der Waals surface area contributed by atoms with Gasteiger partial charge in [-0.25, -0.2) is 4.79 Å². The summed E-state index contributed by atoms with van der Waals surface area (Å²) < 4.78 is 10.7. The van der Waals surface area contributed by atoms with E-state index in [2.05, 4.69) is 0 Å². The summed E-state index contributed by atoms with van der Waals surface area (Å²) in [6, 6.07) is -0.289. The number of nitrogens with zero attached hydrogens (tertiary/aromatic N) is 1. The van der Waals surface area contributed by atoms with Gasteiger partial charge in [-0.3, -0.25) is 0 Å². The second-order valence-electron chi connectivity index (χ2n) is 6.19. The molecular weight excluding hydrogens is 301 g/mol. The molecule has 0 aromatic rings. The first-order valence-corrected chi connectivity index (χ1v) is 6.90. The van der Waals surface area contributed by atoms with E-state index in [0.717, 1.165) is 6.42 Å². The summed E-state index contributed by atoms with van der Waals surface area (Å²) in [5.41, 5.74) is -0.577. The monoisotopic (exact) mass is 325 g/mol. The smallest absolute Gasteiger partial charge is 0.550 e. The molecule has 1 aliphatic heterocycles. The van der Waals surface area contributed by atoms with Gasteiger partial charge in [-0.2, -0.15) is 0 Å². The summed E-state index contributed by atoms with van der Waals surface area (Å²) in [6.07, 6.45) is 0.501. The van der Waals surface area contributed by atoms with Crippen LogP contribution < -0.4 is 56.5 Å².